The number of hydrogen-bond donors (Lipinski definition) is 1. The van der Waals surface area contributed by atoms with Crippen molar-refractivity contribution in [2.24, 2.45) is 5.92 Å². The number of nitrogens with zero attached hydrogens (tertiary/aromatic N) is 3. The Kier molecular flexibility index (Phi) is 6.66. The molecule has 2 atom stereocenters. The molecule has 4 nitrogen and oxygen atoms in total. The molecule has 172 valence electrons. The number of fused-ring (bicyclic) bond motifs is 4. The standard InChI is InChI=1S/C28H40N4/c1-30-13-16-32(17-14-30)18-15-31(2)28-19-25(23-9-5-3-6-10-23)27(21-29-22-28)26(20-28)24-11-7-4-8-12-24/h3-12,25-27,29H,13-22H2,1-2H3. The maximum absolute atomic E-state index is 3.91. The fourth-order valence-electron chi connectivity index (χ4n) is 6.56. The van der Waals surface area contributed by atoms with Crippen LogP contribution in [-0.2, 0) is 0 Å². The lowest BCUT2D eigenvalue weighted by Gasteiger charge is -2.51. The van der Waals surface area contributed by atoms with Gasteiger partial charge in [-0.15, -0.1) is 0 Å². The predicted molar refractivity (Wildman–Crippen MR) is 133 cm³/mol. The van der Waals surface area contributed by atoms with Gasteiger partial charge in [0.15, 0.2) is 0 Å². The van der Waals surface area contributed by atoms with E-state index in [4.69, 9.17) is 0 Å². The summed E-state index contributed by atoms with van der Waals surface area (Å²) >= 11 is 0. The number of piperazine rings is 1. The number of hydrogen-bond acceptors (Lipinski definition) is 4. The van der Waals surface area contributed by atoms with Crippen LogP contribution < -0.4 is 5.32 Å². The van der Waals surface area contributed by atoms with Gasteiger partial charge in [0.25, 0.3) is 0 Å². The van der Waals surface area contributed by atoms with E-state index in [0.717, 1.165) is 19.6 Å². The van der Waals surface area contributed by atoms with E-state index in [1.807, 2.05) is 0 Å². The van der Waals surface area contributed by atoms with Crippen molar-refractivity contribution in [1.29, 1.82) is 0 Å². The molecule has 32 heavy (non-hydrogen) atoms. The van der Waals surface area contributed by atoms with Gasteiger partial charge in [0, 0.05) is 51.4 Å². The molecule has 4 aliphatic rings. The van der Waals surface area contributed by atoms with Crippen molar-refractivity contribution in [3.05, 3.63) is 71.8 Å². The molecule has 3 aliphatic heterocycles. The molecular formula is C28H40N4. The van der Waals surface area contributed by atoms with Gasteiger partial charge in [0.2, 0.25) is 0 Å². The first kappa shape index (κ1) is 22.1. The lowest BCUT2D eigenvalue weighted by molar-refractivity contribution is 0.0429. The first-order chi connectivity index (χ1) is 15.6. The van der Waals surface area contributed by atoms with Gasteiger partial charge in [0.05, 0.1) is 0 Å². The van der Waals surface area contributed by atoms with Crippen LogP contribution >= 0.6 is 0 Å². The van der Waals surface area contributed by atoms with Crippen LogP contribution in [-0.4, -0.2) is 86.7 Å². The zero-order chi connectivity index (χ0) is 22.0. The van der Waals surface area contributed by atoms with E-state index in [1.54, 1.807) is 0 Å². The van der Waals surface area contributed by atoms with Crippen molar-refractivity contribution in [2.75, 3.05) is 66.5 Å². The summed E-state index contributed by atoms with van der Waals surface area (Å²) in [6.45, 7) is 9.37. The smallest absolute Gasteiger partial charge is 0.0343 e. The SMILES string of the molecule is CN1CCN(CCN(C)C23CNCC(C(c4ccccc4)C2)C(c2ccccc2)C3)CC1. The van der Waals surface area contributed by atoms with Crippen molar-refractivity contribution in [3.63, 3.8) is 0 Å². The third-order valence-electron chi connectivity index (χ3n) is 8.68. The Labute approximate surface area is 194 Å². The molecule has 0 radical (unpaired) electrons. The van der Waals surface area contributed by atoms with Crippen molar-refractivity contribution < 1.29 is 0 Å². The number of rotatable bonds is 6. The predicted octanol–water partition coefficient (Wildman–Crippen LogP) is 3.49. The zero-order valence-electron chi connectivity index (χ0n) is 19.9. The van der Waals surface area contributed by atoms with Gasteiger partial charge in [0.1, 0.15) is 0 Å². The molecule has 1 saturated carbocycles. The molecule has 0 aromatic heterocycles. The molecule has 2 unspecified atom stereocenters. The van der Waals surface area contributed by atoms with Crippen LogP contribution in [0.4, 0.5) is 0 Å². The maximum Gasteiger partial charge on any atom is 0.0343 e. The lowest BCUT2D eigenvalue weighted by atomic mass is 9.61. The Morgan fingerprint density at radius 1 is 0.875 bits per heavy atom. The summed E-state index contributed by atoms with van der Waals surface area (Å²) in [5.74, 6) is 1.87. The molecule has 1 aliphatic carbocycles. The summed E-state index contributed by atoms with van der Waals surface area (Å²) in [5.41, 5.74) is 3.26. The van der Waals surface area contributed by atoms with E-state index in [2.05, 4.69) is 94.8 Å². The summed E-state index contributed by atoms with van der Waals surface area (Å²) < 4.78 is 0. The summed E-state index contributed by atoms with van der Waals surface area (Å²) in [6, 6.07) is 22.7. The Morgan fingerprint density at radius 2 is 1.44 bits per heavy atom. The van der Waals surface area contributed by atoms with Crippen LogP contribution in [0.1, 0.15) is 35.8 Å². The molecule has 6 rings (SSSR count). The second kappa shape index (κ2) is 9.64. The molecule has 1 N–H and O–H groups in total. The maximum atomic E-state index is 3.91. The van der Waals surface area contributed by atoms with Gasteiger partial charge < -0.3 is 10.2 Å². The Bertz CT molecular complexity index is 797. The minimum absolute atomic E-state index is 0.209. The van der Waals surface area contributed by atoms with Crippen molar-refractivity contribution >= 4 is 0 Å². The monoisotopic (exact) mass is 432 g/mol. The van der Waals surface area contributed by atoms with E-state index in [9.17, 15) is 0 Å². The highest BCUT2D eigenvalue weighted by molar-refractivity contribution is 5.30. The van der Waals surface area contributed by atoms with E-state index in [-0.39, 0.29) is 5.54 Å². The summed E-state index contributed by atoms with van der Waals surface area (Å²) in [5, 5.41) is 3.91. The number of likely N-dealkylation sites (N-methyl/N-ethyl adjacent to an activating group) is 2. The van der Waals surface area contributed by atoms with Gasteiger partial charge in [-0.1, -0.05) is 60.7 Å². The molecule has 2 bridgehead atoms. The summed E-state index contributed by atoms with van der Waals surface area (Å²) in [6.07, 6.45) is 2.52. The zero-order valence-corrected chi connectivity index (χ0v) is 19.9. The second-order valence-corrected chi connectivity index (χ2v) is 10.5. The molecule has 3 heterocycles. The Balaban J connectivity index is 1.40. The fourth-order valence-corrected chi connectivity index (χ4v) is 6.56. The first-order valence-corrected chi connectivity index (χ1v) is 12.6. The van der Waals surface area contributed by atoms with Gasteiger partial charge in [-0.25, -0.2) is 0 Å². The largest absolute Gasteiger partial charge is 0.315 e. The third-order valence-corrected chi connectivity index (χ3v) is 8.68. The molecule has 3 saturated heterocycles. The highest BCUT2D eigenvalue weighted by Gasteiger charge is 2.50. The van der Waals surface area contributed by atoms with E-state index < -0.39 is 0 Å². The highest BCUT2D eigenvalue weighted by Crippen LogP contribution is 2.52. The normalized spacial score (nSPS) is 31.7. The van der Waals surface area contributed by atoms with Crippen LogP contribution in [0.3, 0.4) is 0 Å². The quantitative estimate of drug-likeness (QED) is 0.754. The van der Waals surface area contributed by atoms with Crippen LogP contribution in [0.5, 0.6) is 0 Å². The van der Waals surface area contributed by atoms with Crippen molar-refractivity contribution in [2.45, 2.75) is 30.2 Å². The second-order valence-electron chi connectivity index (χ2n) is 10.5. The first-order valence-electron chi connectivity index (χ1n) is 12.6. The molecule has 2 aromatic rings. The van der Waals surface area contributed by atoms with Gasteiger partial charge in [-0.05, 0) is 62.4 Å². The summed E-state index contributed by atoms with van der Waals surface area (Å²) in [4.78, 5) is 7.84. The molecule has 4 heteroatoms. The van der Waals surface area contributed by atoms with Crippen LogP contribution in [0, 0.1) is 5.92 Å². The van der Waals surface area contributed by atoms with E-state index in [0.29, 0.717) is 17.8 Å². The van der Waals surface area contributed by atoms with E-state index >= 15 is 0 Å². The van der Waals surface area contributed by atoms with Crippen LogP contribution in [0.2, 0.25) is 0 Å². The van der Waals surface area contributed by atoms with E-state index in [1.165, 1.54) is 56.7 Å². The minimum Gasteiger partial charge on any atom is -0.315 e. The fraction of sp³-hybridized carbons (Fsp3) is 0.571. The van der Waals surface area contributed by atoms with Gasteiger partial charge >= 0.3 is 0 Å². The van der Waals surface area contributed by atoms with Gasteiger partial charge in [-0.3, -0.25) is 9.80 Å². The highest BCUT2D eigenvalue weighted by atomic mass is 15.3. The molecule has 2 aromatic carbocycles. The average molecular weight is 433 g/mol. The molecular weight excluding hydrogens is 392 g/mol. The average Bonchev–Trinajstić information content (AvgIpc) is 3.16. The van der Waals surface area contributed by atoms with Crippen LogP contribution in [0.15, 0.2) is 60.7 Å². The lowest BCUT2D eigenvalue weighted by Crippen LogP contribution is -2.57. The molecule has 4 fully saturated rings. The number of nitrogens with one attached hydrogen (secondary N) is 1. The topological polar surface area (TPSA) is 21.8 Å². The Morgan fingerprint density at radius 3 is 2.00 bits per heavy atom. The number of benzene rings is 2. The van der Waals surface area contributed by atoms with Crippen molar-refractivity contribution in [1.82, 2.24) is 20.0 Å². The van der Waals surface area contributed by atoms with Crippen molar-refractivity contribution in [3.8, 4) is 0 Å². The van der Waals surface area contributed by atoms with Gasteiger partial charge in [-0.2, -0.15) is 0 Å². The molecule has 0 spiro atoms. The van der Waals surface area contributed by atoms with Crippen LogP contribution in [0.25, 0.3) is 0 Å². The third kappa shape index (κ3) is 4.51. The summed E-state index contributed by atoms with van der Waals surface area (Å²) in [7, 11) is 4.64. The molecule has 0 amide bonds. The minimum atomic E-state index is 0.209. The Hall–Kier alpha value is -1.72.